The van der Waals surface area contributed by atoms with Gasteiger partial charge in [-0.1, -0.05) is 0 Å². The van der Waals surface area contributed by atoms with E-state index in [4.69, 9.17) is 5.73 Å². The third-order valence-electron chi connectivity index (χ3n) is 3.03. The number of hydrogen-bond donors (Lipinski definition) is 1. The second-order valence-corrected chi connectivity index (χ2v) is 6.20. The van der Waals surface area contributed by atoms with Gasteiger partial charge in [-0.15, -0.1) is 0 Å². The third-order valence-corrected chi connectivity index (χ3v) is 5.00. The zero-order valence-corrected chi connectivity index (χ0v) is 10.8. The van der Waals surface area contributed by atoms with Crippen molar-refractivity contribution in [1.29, 1.82) is 0 Å². The van der Waals surface area contributed by atoms with Crippen LogP contribution in [0.1, 0.15) is 19.3 Å². The highest BCUT2D eigenvalue weighted by molar-refractivity contribution is 7.89. The predicted octanol–water partition coefficient (Wildman–Crippen LogP) is 1.56. The highest BCUT2D eigenvalue weighted by Crippen LogP contribution is 2.27. The topological polar surface area (TPSA) is 63.4 Å². The van der Waals surface area contributed by atoms with Crippen molar-refractivity contribution in [3.63, 3.8) is 0 Å². The van der Waals surface area contributed by atoms with Gasteiger partial charge in [0, 0.05) is 18.7 Å². The van der Waals surface area contributed by atoms with E-state index in [9.17, 15) is 21.6 Å². The number of halogens is 3. The summed E-state index contributed by atoms with van der Waals surface area (Å²) in [6.07, 6.45) is 0.922. The third kappa shape index (κ3) is 2.60. The quantitative estimate of drug-likeness (QED) is 0.900. The van der Waals surface area contributed by atoms with E-state index in [0.717, 1.165) is 10.7 Å². The van der Waals surface area contributed by atoms with Crippen LogP contribution in [-0.4, -0.2) is 25.4 Å². The zero-order chi connectivity index (χ0) is 14.2. The van der Waals surface area contributed by atoms with Crippen LogP contribution < -0.4 is 5.73 Å². The summed E-state index contributed by atoms with van der Waals surface area (Å²) in [6, 6.07) is 0.677. The number of piperidine rings is 1. The molecule has 0 saturated carbocycles. The van der Waals surface area contributed by atoms with Crippen LogP contribution in [0.25, 0.3) is 0 Å². The average Bonchev–Trinajstić information content (AvgIpc) is 2.27. The van der Waals surface area contributed by atoms with Gasteiger partial charge in [0.05, 0.1) is 6.17 Å². The first-order valence-electron chi connectivity index (χ1n) is 5.76. The summed E-state index contributed by atoms with van der Waals surface area (Å²) in [6.45, 7) is 0.0970. The molecular formula is C11H13F3N2O2S. The fraction of sp³-hybridized carbons (Fsp3) is 0.455. The molecular weight excluding hydrogens is 281 g/mol. The average molecular weight is 294 g/mol. The van der Waals surface area contributed by atoms with Crippen molar-refractivity contribution in [3.8, 4) is 0 Å². The SMILES string of the molecule is NC1CCCCN1S(=O)(=O)c1c(F)cc(F)cc1F. The molecule has 1 aromatic rings. The van der Waals surface area contributed by atoms with Gasteiger partial charge in [-0.3, -0.25) is 0 Å². The molecule has 0 spiro atoms. The van der Waals surface area contributed by atoms with Crippen LogP contribution in [0.2, 0.25) is 0 Å². The van der Waals surface area contributed by atoms with E-state index >= 15 is 0 Å². The van der Waals surface area contributed by atoms with Crippen molar-refractivity contribution < 1.29 is 21.6 Å². The van der Waals surface area contributed by atoms with Crippen molar-refractivity contribution >= 4 is 10.0 Å². The lowest BCUT2D eigenvalue weighted by Crippen LogP contribution is -2.48. The molecule has 1 saturated heterocycles. The highest BCUT2D eigenvalue weighted by Gasteiger charge is 2.35. The lowest BCUT2D eigenvalue weighted by atomic mass is 10.1. The first-order chi connectivity index (χ1) is 8.84. The van der Waals surface area contributed by atoms with Crippen LogP contribution in [0.5, 0.6) is 0 Å². The Bertz CT molecular complexity index is 569. The van der Waals surface area contributed by atoms with Crippen molar-refractivity contribution in [2.24, 2.45) is 5.73 Å². The number of rotatable bonds is 2. The fourth-order valence-electron chi connectivity index (χ4n) is 2.12. The fourth-order valence-corrected chi connectivity index (χ4v) is 3.80. The van der Waals surface area contributed by atoms with Crippen LogP contribution in [0, 0.1) is 17.5 Å². The first-order valence-corrected chi connectivity index (χ1v) is 7.20. The van der Waals surface area contributed by atoms with Gasteiger partial charge in [-0.2, -0.15) is 4.31 Å². The van der Waals surface area contributed by atoms with E-state index in [2.05, 4.69) is 0 Å². The summed E-state index contributed by atoms with van der Waals surface area (Å²) in [7, 11) is -4.40. The van der Waals surface area contributed by atoms with Gasteiger partial charge in [0.1, 0.15) is 17.5 Å². The molecule has 1 aromatic carbocycles. The van der Waals surface area contributed by atoms with Crippen molar-refractivity contribution in [3.05, 3.63) is 29.6 Å². The summed E-state index contributed by atoms with van der Waals surface area (Å²) in [4.78, 5) is -1.15. The van der Waals surface area contributed by atoms with E-state index in [1.165, 1.54) is 0 Å². The lowest BCUT2D eigenvalue weighted by molar-refractivity contribution is 0.256. The van der Waals surface area contributed by atoms with E-state index in [1.54, 1.807) is 0 Å². The minimum Gasteiger partial charge on any atom is -0.315 e. The van der Waals surface area contributed by atoms with Crippen molar-refractivity contribution in [2.45, 2.75) is 30.3 Å². The van der Waals surface area contributed by atoms with Gasteiger partial charge in [0.25, 0.3) is 0 Å². The molecule has 19 heavy (non-hydrogen) atoms. The Kier molecular flexibility index (Phi) is 3.84. The molecule has 1 fully saturated rings. The molecule has 0 aromatic heterocycles. The van der Waals surface area contributed by atoms with Crippen LogP contribution in [0.15, 0.2) is 17.0 Å². The Morgan fingerprint density at radius 3 is 2.26 bits per heavy atom. The number of sulfonamides is 1. The molecule has 0 amide bonds. The standard InChI is InChI=1S/C11H13F3N2O2S/c12-7-5-8(13)11(9(14)6-7)19(17,18)16-4-2-1-3-10(16)15/h5-6,10H,1-4,15H2. The molecule has 4 nitrogen and oxygen atoms in total. The van der Waals surface area contributed by atoms with E-state index in [0.29, 0.717) is 25.0 Å². The zero-order valence-electron chi connectivity index (χ0n) is 9.94. The molecule has 2 N–H and O–H groups in total. The normalized spacial score (nSPS) is 21.6. The molecule has 1 atom stereocenters. The molecule has 0 aliphatic carbocycles. The maximum absolute atomic E-state index is 13.6. The van der Waals surface area contributed by atoms with Crippen LogP contribution in [0.4, 0.5) is 13.2 Å². The molecule has 0 radical (unpaired) electrons. The van der Waals surface area contributed by atoms with E-state index < -0.39 is 38.5 Å². The number of hydrogen-bond acceptors (Lipinski definition) is 3. The Hall–Kier alpha value is -1.12. The minimum absolute atomic E-state index is 0.0970. The maximum Gasteiger partial charge on any atom is 0.250 e. The first kappa shape index (κ1) is 14.3. The minimum atomic E-state index is -4.40. The smallest absolute Gasteiger partial charge is 0.250 e. The van der Waals surface area contributed by atoms with Gasteiger partial charge < -0.3 is 5.73 Å². The molecule has 106 valence electrons. The second-order valence-electron chi connectivity index (χ2n) is 4.38. The van der Waals surface area contributed by atoms with Gasteiger partial charge in [0.2, 0.25) is 10.0 Å². The molecule has 1 aliphatic heterocycles. The summed E-state index contributed by atoms with van der Waals surface area (Å²) >= 11 is 0. The van der Waals surface area contributed by atoms with Gasteiger partial charge in [0.15, 0.2) is 4.90 Å². The van der Waals surface area contributed by atoms with Crippen LogP contribution >= 0.6 is 0 Å². The Morgan fingerprint density at radius 2 is 1.74 bits per heavy atom. The maximum atomic E-state index is 13.6. The summed E-state index contributed by atoms with van der Waals surface area (Å²) in [5, 5.41) is 0. The second kappa shape index (κ2) is 5.10. The van der Waals surface area contributed by atoms with Gasteiger partial charge in [-0.25, -0.2) is 21.6 Å². The monoisotopic (exact) mass is 294 g/mol. The van der Waals surface area contributed by atoms with Crippen LogP contribution in [-0.2, 0) is 10.0 Å². The Labute approximate surface area is 109 Å². The van der Waals surface area contributed by atoms with Gasteiger partial charge >= 0.3 is 0 Å². The summed E-state index contributed by atoms with van der Waals surface area (Å²) in [5.74, 6) is -4.07. The number of benzene rings is 1. The molecule has 1 unspecified atom stereocenters. The number of nitrogens with two attached hydrogens (primary N) is 1. The molecule has 8 heteroatoms. The van der Waals surface area contributed by atoms with Crippen LogP contribution in [0.3, 0.4) is 0 Å². The lowest BCUT2D eigenvalue weighted by Gasteiger charge is -2.32. The van der Waals surface area contributed by atoms with Gasteiger partial charge in [-0.05, 0) is 19.3 Å². The predicted molar refractivity (Wildman–Crippen MR) is 62.0 cm³/mol. The van der Waals surface area contributed by atoms with E-state index in [1.807, 2.05) is 0 Å². The summed E-state index contributed by atoms with van der Waals surface area (Å²) < 4.78 is 65.2. The summed E-state index contributed by atoms with van der Waals surface area (Å²) in [5.41, 5.74) is 5.66. The molecule has 2 rings (SSSR count). The van der Waals surface area contributed by atoms with Crippen molar-refractivity contribution in [1.82, 2.24) is 4.31 Å². The Balaban J connectivity index is 2.50. The molecule has 1 heterocycles. The number of nitrogens with zero attached hydrogens (tertiary/aromatic N) is 1. The van der Waals surface area contributed by atoms with E-state index in [-0.39, 0.29) is 6.54 Å². The molecule has 1 aliphatic rings. The highest BCUT2D eigenvalue weighted by atomic mass is 32.2. The van der Waals surface area contributed by atoms with Crippen molar-refractivity contribution in [2.75, 3.05) is 6.54 Å². The molecule has 0 bridgehead atoms. The Morgan fingerprint density at radius 1 is 1.16 bits per heavy atom. The largest absolute Gasteiger partial charge is 0.315 e.